The Morgan fingerprint density at radius 1 is 1.21 bits per heavy atom. The Morgan fingerprint density at radius 3 is 1.74 bits per heavy atom. The molecule has 0 rings (SSSR count). The van der Waals surface area contributed by atoms with Gasteiger partial charge >= 0.3 is 51.4 Å². The van der Waals surface area contributed by atoms with E-state index >= 15 is 0 Å². The molecule has 0 spiro atoms. The van der Waals surface area contributed by atoms with E-state index in [-0.39, 0.29) is 69.7 Å². The summed E-state index contributed by atoms with van der Waals surface area (Å²) >= 11 is 0. The van der Waals surface area contributed by atoms with Gasteiger partial charge in [-0.3, -0.25) is 4.79 Å². The second-order valence-electron chi connectivity index (χ2n) is 4.72. The molecule has 1 amide bonds. The van der Waals surface area contributed by atoms with Gasteiger partial charge in [-0.1, -0.05) is 20.8 Å². The van der Waals surface area contributed by atoms with Crippen molar-refractivity contribution >= 4 is 11.7 Å². The van der Waals surface area contributed by atoms with Gasteiger partial charge in [0.2, 0.25) is 5.91 Å². The van der Waals surface area contributed by atoms with E-state index in [9.17, 15) is 14.7 Å². The fourth-order valence-corrected chi connectivity index (χ4v) is 0.602. The molecule has 0 aliphatic rings. The van der Waals surface area contributed by atoms with E-state index in [1.54, 1.807) is 34.6 Å². The zero-order chi connectivity index (χ0) is 15.2. The number of ketones is 1. The molecule has 110 valence electrons. The maximum atomic E-state index is 10.4. The molecule has 0 radical (unpaired) electrons. The molecule has 0 bridgehead atoms. The van der Waals surface area contributed by atoms with Gasteiger partial charge in [0.05, 0.1) is 0 Å². The van der Waals surface area contributed by atoms with Crippen LogP contribution in [-0.4, -0.2) is 35.5 Å². The van der Waals surface area contributed by atoms with E-state index in [0.717, 1.165) is 6.42 Å². The zero-order valence-electron chi connectivity index (χ0n) is 13.5. The minimum absolute atomic E-state index is 0. The van der Waals surface area contributed by atoms with E-state index in [4.69, 9.17) is 5.11 Å². The summed E-state index contributed by atoms with van der Waals surface area (Å²) in [7, 11) is 0. The van der Waals surface area contributed by atoms with Crippen LogP contribution in [-0.2, 0) is 9.59 Å². The van der Waals surface area contributed by atoms with E-state index in [1.807, 2.05) is 0 Å². The van der Waals surface area contributed by atoms with Crippen molar-refractivity contribution in [3.63, 3.8) is 0 Å². The maximum Gasteiger partial charge on any atom is 1.00 e. The first-order valence-electron chi connectivity index (χ1n) is 6.09. The predicted octanol–water partition coefficient (Wildman–Crippen LogP) is -2.36. The molecule has 0 aromatic heterocycles. The molecule has 0 aromatic carbocycles. The first kappa shape index (κ1) is 27.9. The second kappa shape index (κ2) is 18.7. The van der Waals surface area contributed by atoms with Crippen LogP contribution in [0.1, 0.15) is 54.4 Å². The molecule has 0 saturated heterocycles. The number of carbonyl (C=O) groups is 2. The molecule has 0 aromatic rings. The van der Waals surface area contributed by atoms with E-state index in [0.29, 0.717) is 13.0 Å². The summed E-state index contributed by atoms with van der Waals surface area (Å²) in [6.45, 7) is 10.4. The Hall–Kier alpha value is 0.696. The second-order valence-corrected chi connectivity index (χ2v) is 4.72. The third-order valence-corrected chi connectivity index (χ3v) is 1.08. The SMILES string of the molecule is CC(=O)CCCNC(C)=O.CC(C)(C)[O-].CCO.[K+]. The van der Waals surface area contributed by atoms with Gasteiger partial charge in [-0.15, -0.1) is 5.60 Å². The van der Waals surface area contributed by atoms with Crippen molar-refractivity contribution in [2.75, 3.05) is 13.2 Å². The molecule has 2 N–H and O–H groups in total. The summed E-state index contributed by atoms with van der Waals surface area (Å²) in [4.78, 5) is 20.7. The van der Waals surface area contributed by atoms with Crippen LogP contribution in [0.15, 0.2) is 0 Å². The van der Waals surface area contributed by atoms with Crippen molar-refractivity contribution in [2.24, 2.45) is 0 Å². The molecule has 0 saturated carbocycles. The number of rotatable bonds is 4. The van der Waals surface area contributed by atoms with Crippen molar-refractivity contribution in [1.29, 1.82) is 0 Å². The summed E-state index contributed by atoms with van der Waals surface area (Å²) in [5.74, 6) is 0.133. The Balaban J connectivity index is -0.000000106. The average molecular weight is 301 g/mol. The Labute approximate surface area is 160 Å². The van der Waals surface area contributed by atoms with Crippen molar-refractivity contribution < 1.29 is 71.2 Å². The van der Waals surface area contributed by atoms with Gasteiger partial charge in [-0.2, -0.15) is 0 Å². The molecule has 0 fully saturated rings. The third-order valence-electron chi connectivity index (χ3n) is 1.08. The maximum absolute atomic E-state index is 10.4. The van der Waals surface area contributed by atoms with Gasteiger partial charge in [0.1, 0.15) is 5.78 Å². The number of hydrogen-bond acceptors (Lipinski definition) is 4. The van der Waals surface area contributed by atoms with Crippen LogP contribution in [0.5, 0.6) is 0 Å². The normalized spacial score (nSPS) is 8.84. The zero-order valence-corrected chi connectivity index (χ0v) is 16.6. The standard InChI is InChI=1S/C7H13NO2.C4H9O.C2H6O.K/c1-6(9)4-3-5-8-7(2)10;1-4(2,3)5;1-2-3;/h3-5H2,1-2H3,(H,8,10);1-3H3;3H,2H2,1H3;/q;-1;;+1. The van der Waals surface area contributed by atoms with Crippen LogP contribution in [0.4, 0.5) is 0 Å². The first-order valence-corrected chi connectivity index (χ1v) is 6.09. The fourth-order valence-electron chi connectivity index (χ4n) is 0.602. The van der Waals surface area contributed by atoms with Gasteiger partial charge in [0.25, 0.3) is 0 Å². The van der Waals surface area contributed by atoms with Crippen LogP contribution < -0.4 is 61.8 Å². The molecule has 0 aliphatic heterocycles. The fraction of sp³-hybridized carbons (Fsp3) is 0.846. The summed E-state index contributed by atoms with van der Waals surface area (Å²) in [6, 6.07) is 0. The first-order chi connectivity index (χ1) is 8.04. The summed E-state index contributed by atoms with van der Waals surface area (Å²) < 4.78 is 0. The van der Waals surface area contributed by atoms with Crippen LogP contribution >= 0.6 is 0 Å². The Kier molecular flexibility index (Phi) is 27.5. The number of nitrogens with one attached hydrogen (secondary N) is 1. The molecular formula is C13H28KNO4. The summed E-state index contributed by atoms with van der Waals surface area (Å²) in [5.41, 5.74) is -0.750. The molecule has 0 atom stereocenters. The smallest absolute Gasteiger partial charge is 0.850 e. The van der Waals surface area contributed by atoms with E-state index in [1.165, 1.54) is 6.92 Å². The number of carbonyl (C=O) groups excluding carboxylic acids is 2. The summed E-state index contributed by atoms with van der Waals surface area (Å²) in [6.07, 6.45) is 1.30. The quantitative estimate of drug-likeness (QED) is 0.449. The van der Waals surface area contributed by atoms with Gasteiger partial charge in [-0.25, -0.2) is 0 Å². The molecule has 19 heavy (non-hydrogen) atoms. The van der Waals surface area contributed by atoms with Gasteiger partial charge in [0, 0.05) is 26.5 Å². The minimum atomic E-state index is -0.750. The number of amides is 1. The average Bonchev–Trinajstić information content (AvgIpc) is 2.10. The number of hydrogen-bond donors (Lipinski definition) is 2. The molecule has 0 unspecified atom stereocenters. The van der Waals surface area contributed by atoms with Gasteiger partial charge < -0.3 is 20.3 Å². The summed E-state index contributed by atoms with van der Waals surface area (Å²) in [5, 5.41) is 20.3. The largest absolute Gasteiger partial charge is 1.00 e. The molecule has 5 nitrogen and oxygen atoms in total. The molecule has 0 aliphatic carbocycles. The minimum Gasteiger partial charge on any atom is -0.850 e. The molecule has 0 heterocycles. The van der Waals surface area contributed by atoms with E-state index < -0.39 is 5.60 Å². The molecular weight excluding hydrogens is 273 g/mol. The van der Waals surface area contributed by atoms with Crippen molar-refractivity contribution in [2.45, 2.75) is 60.0 Å². The van der Waals surface area contributed by atoms with E-state index in [2.05, 4.69) is 5.32 Å². The Bertz CT molecular complexity index is 193. The van der Waals surface area contributed by atoms with Crippen molar-refractivity contribution in [3.8, 4) is 0 Å². The number of Topliss-reactive ketones (excluding diaryl/α,β-unsaturated/α-hetero) is 1. The number of aliphatic hydroxyl groups is 1. The monoisotopic (exact) mass is 301 g/mol. The third kappa shape index (κ3) is 88.0. The van der Waals surface area contributed by atoms with Gasteiger partial charge in [0.15, 0.2) is 0 Å². The van der Waals surface area contributed by atoms with Crippen LogP contribution in [0, 0.1) is 0 Å². The van der Waals surface area contributed by atoms with Crippen molar-refractivity contribution in [3.05, 3.63) is 0 Å². The van der Waals surface area contributed by atoms with Crippen LogP contribution in [0.2, 0.25) is 0 Å². The van der Waals surface area contributed by atoms with Crippen LogP contribution in [0.25, 0.3) is 0 Å². The predicted molar refractivity (Wildman–Crippen MR) is 71.1 cm³/mol. The number of aliphatic hydroxyl groups excluding tert-OH is 1. The molecule has 6 heteroatoms. The van der Waals surface area contributed by atoms with Crippen molar-refractivity contribution in [1.82, 2.24) is 5.32 Å². The van der Waals surface area contributed by atoms with Crippen LogP contribution in [0.3, 0.4) is 0 Å². The topological polar surface area (TPSA) is 89.5 Å². The Morgan fingerprint density at radius 2 is 1.53 bits per heavy atom. The van der Waals surface area contributed by atoms with Gasteiger partial charge in [-0.05, 0) is 20.3 Å².